The number of aliphatic carboxylic acids is 1. The van der Waals surface area contributed by atoms with Crippen molar-refractivity contribution in [1.29, 1.82) is 0 Å². The maximum absolute atomic E-state index is 12.5. The molecule has 0 bridgehead atoms. The Labute approximate surface area is 196 Å². The molecule has 0 aromatic carbocycles. The van der Waals surface area contributed by atoms with E-state index >= 15 is 0 Å². The van der Waals surface area contributed by atoms with Crippen molar-refractivity contribution in [2.45, 2.75) is 80.1 Å². The zero-order valence-corrected chi connectivity index (χ0v) is 20.8. The predicted octanol–water partition coefficient (Wildman–Crippen LogP) is 5.99. The molecular formula is C29H36O4. The molecule has 176 valence electrons. The third kappa shape index (κ3) is 2.56. The third-order valence-electron chi connectivity index (χ3n) is 11.3. The van der Waals surface area contributed by atoms with Crippen molar-refractivity contribution in [2.24, 2.45) is 33.0 Å². The molecule has 0 aromatic heterocycles. The predicted molar refractivity (Wildman–Crippen MR) is 127 cm³/mol. The molecular weight excluding hydrogens is 412 g/mol. The minimum atomic E-state index is -0.676. The maximum Gasteiger partial charge on any atom is 0.309 e. The highest BCUT2D eigenvalue weighted by molar-refractivity contribution is 6.48. The molecule has 0 aliphatic heterocycles. The molecule has 1 N–H and O–H groups in total. The molecule has 0 radical (unpaired) electrons. The lowest BCUT2D eigenvalue weighted by Crippen LogP contribution is -2.63. The fourth-order valence-electron chi connectivity index (χ4n) is 8.41. The van der Waals surface area contributed by atoms with E-state index in [-0.39, 0.29) is 21.7 Å². The van der Waals surface area contributed by atoms with Gasteiger partial charge in [-0.2, -0.15) is 0 Å². The van der Waals surface area contributed by atoms with Crippen LogP contribution < -0.4 is 0 Å². The van der Waals surface area contributed by atoms with Crippen LogP contribution in [0.2, 0.25) is 0 Å². The SMILES string of the molecule is CC1=C2C=CC3(C)C(=CCC4(C)C5CC(C)(C(=O)O)CCC5(C)CCC34C)C2=CC(=O)C1=O. The van der Waals surface area contributed by atoms with Gasteiger partial charge in [-0.15, -0.1) is 0 Å². The van der Waals surface area contributed by atoms with Crippen LogP contribution in [-0.4, -0.2) is 22.6 Å². The lowest BCUT2D eigenvalue weighted by Gasteiger charge is -2.70. The highest BCUT2D eigenvalue weighted by atomic mass is 16.4. The summed E-state index contributed by atoms with van der Waals surface area (Å²) in [5.41, 5.74) is 2.54. The van der Waals surface area contributed by atoms with E-state index < -0.39 is 23.0 Å². The van der Waals surface area contributed by atoms with Crippen molar-refractivity contribution in [1.82, 2.24) is 0 Å². The number of carbonyl (C=O) groups is 3. The first-order valence-corrected chi connectivity index (χ1v) is 12.4. The summed E-state index contributed by atoms with van der Waals surface area (Å²) in [7, 11) is 0. The van der Waals surface area contributed by atoms with Gasteiger partial charge in [-0.3, -0.25) is 14.4 Å². The zero-order chi connectivity index (χ0) is 24.2. The molecule has 0 saturated heterocycles. The number of ketones is 2. The average molecular weight is 449 g/mol. The largest absolute Gasteiger partial charge is 0.481 e. The summed E-state index contributed by atoms with van der Waals surface area (Å²) >= 11 is 0. The maximum atomic E-state index is 12.5. The van der Waals surface area contributed by atoms with E-state index in [2.05, 4.69) is 45.9 Å². The van der Waals surface area contributed by atoms with Crippen molar-refractivity contribution in [3.8, 4) is 0 Å². The van der Waals surface area contributed by atoms with Crippen LogP contribution in [0.1, 0.15) is 80.1 Å². The normalized spacial score (nSPS) is 46.5. The summed E-state index contributed by atoms with van der Waals surface area (Å²) in [4.78, 5) is 37.0. The quantitative estimate of drug-likeness (QED) is 0.395. The number of allylic oxidation sites excluding steroid dienone is 8. The number of Topliss-reactive ketones (excluding diaryl/α,β-unsaturated/α-hetero) is 1. The van der Waals surface area contributed by atoms with Crippen LogP contribution in [0.4, 0.5) is 0 Å². The van der Waals surface area contributed by atoms with Gasteiger partial charge in [-0.1, -0.05) is 45.9 Å². The molecule has 6 atom stereocenters. The monoisotopic (exact) mass is 448 g/mol. The van der Waals surface area contributed by atoms with Gasteiger partial charge < -0.3 is 5.11 Å². The van der Waals surface area contributed by atoms with Gasteiger partial charge in [-0.25, -0.2) is 0 Å². The lowest BCUT2D eigenvalue weighted by molar-refractivity contribution is -0.192. The Morgan fingerprint density at radius 2 is 1.70 bits per heavy atom. The van der Waals surface area contributed by atoms with Crippen LogP contribution in [0.15, 0.2) is 46.6 Å². The molecule has 33 heavy (non-hydrogen) atoms. The number of fused-ring (bicyclic) bond motifs is 7. The van der Waals surface area contributed by atoms with E-state index in [1.54, 1.807) is 13.0 Å². The van der Waals surface area contributed by atoms with Crippen molar-refractivity contribution in [3.63, 3.8) is 0 Å². The second-order valence-corrected chi connectivity index (χ2v) is 12.7. The Morgan fingerprint density at radius 3 is 2.36 bits per heavy atom. The molecule has 4 nitrogen and oxygen atoms in total. The summed E-state index contributed by atoms with van der Waals surface area (Å²) in [6.07, 6.45) is 13.7. The Bertz CT molecular complexity index is 1130. The summed E-state index contributed by atoms with van der Waals surface area (Å²) in [6, 6.07) is 0. The van der Waals surface area contributed by atoms with Gasteiger partial charge in [0.25, 0.3) is 0 Å². The van der Waals surface area contributed by atoms with E-state index in [1.807, 2.05) is 6.92 Å². The molecule has 5 aliphatic rings. The van der Waals surface area contributed by atoms with Gasteiger partial charge >= 0.3 is 5.97 Å². The molecule has 5 rings (SSSR count). The van der Waals surface area contributed by atoms with Gasteiger partial charge in [-0.05, 0) is 97.3 Å². The zero-order valence-electron chi connectivity index (χ0n) is 20.8. The van der Waals surface area contributed by atoms with Crippen LogP contribution in [0, 0.1) is 33.0 Å². The Hall–Kier alpha value is -2.23. The van der Waals surface area contributed by atoms with Crippen LogP contribution in [0.3, 0.4) is 0 Å². The molecule has 0 aromatic rings. The molecule has 0 spiro atoms. The fraction of sp³-hybridized carbons (Fsp3) is 0.621. The number of carboxylic acids is 1. The van der Waals surface area contributed by atoms with Crippen molar-refractivity contribution in [3.05, 3.63) is 46.6 Å². The number of rotatable bonds is 1. The lowest BCUT2D eigenvalue weighted by atomic mass is 9.33. The smallest absolute Gasteiger partial charge is 0.309 e. The van der Waals surface area contributed by atoms with Crippen molar-refractivity contribution < 1.29 is 19.5 Å². The van der Waals surface area contributed by atoms with Crippen molar-refractivity contribution in [2.75, 3.05) is 0 Å². The Kier molecular flexibility index (Phi) is 4.41. The molecule has 6 unspecified atom stereocenters. The van der Waals surface area contributed by atoms with Gasteiger partial charge in [0.05, 0.1) is 5.41 Å². The van der Waals surface area contributed by atoms with Crippen LogP contribution in [0.25, 0.3) is 0 Å². The highest BCUT2D eigenvalue weighted by Gasteiger charge is 2.68. The molecule has 4 heteroatoms. The summed E-state index contributed by atoms with van der Waals surface area (Å²) in [6.45, 7) is 13.2. The molecule has 2 saturated carbocycles. The number of hydrogen-bond acceptors (Lipinski definition) is 3. The highest BCUT2D eigenvalue weighted by Crippen LogP contribution is 2.75. The van der Waals surface area contributed by atoms with E-state index in [9.17, 15) is 19.5 Å². The van der Waals surface area contributed by atoms with Crippen LogP contribution in [-0.2, 0) is 14.4 Å². The first-order chi connectivity index (χ1) is 15.2. The Balaban J connectivity index is 1.67. The summed E-state index contributed by atoms with van der Waals surface area (Å²) in [5.74, 6) is -1.19. The second kappa shape index (κ2) is 6.46. The molecule has 0 heterocycles. The molecule has 5 aliphatic carbocycles. The summed E-state index contributed by atoms with van der Waals surface area (Å²) in [5, 5.41) is 10.1. The first kappa shape index (κ1) is 22.6. The van der Waals surface area contributed by atoms with Crippen molar-refractivity contribution >= 4 is 17.5 Å². The topological polar surface area (TPSA) is 71.4 Å². The van der Waals surface area contributed by atoms with Gasteiger partial charge in [0, 0.05) is 11.0 Å². The molecule has 0 amide bonds. The van der Waals surface area contributed by atoms with Gasteiger partial charge in [0.1, 0.15) is 0 Å². The minimum absolute atomic E-state index is 0.0644. The van der Waals surface area contributed by atoms with Gasteiger partial charge in [0.2, 0.25) is 11.6 Å². The van der Waals surface area contributed by atoms with E-state index in [4.69, 9.17) is 0 Å². The second-order valence-electron chi connectivity index (χ2n) is 12.7. The first-order valence-electron chi connectivity index (χ1n) is 12.4. The summed E-state index contributed by atoms with van der Waals surface area (Å²) < 4.78 is 0. The molecule has 2 fully saturated rings. The van der Waals surface area contributed by atoms with E-state index in [1.165, 1.54) is 5.57 Å². The standard InChI is InChI=1S/C29H36O4/c1-17-18-7-9-27(4)20(19(18)15-21(30)23(17)31)8-10-28(5)22-16-26(3,24(32)33)12-11-25(22,2)13-14-29(27,28)6/h7-9,15,22H,10-14,16H2,1-6H3,(H,32,33). The average Bonchev–Trinajstić information content (AvgIpc) is 2.75. The fourth-order valence-corrected chi connectivity index (χ4v) is 8.41. The minimum Gasteiger partial charge on any atom is -0.481 e. The third-order valence-corrected chi connectivity index (χ3v) is 11.3. The number of carboxylic acid groups (broad SMARTS) is 1. The Morgan fingerprint density at radius 1 is 1.03 bits per heavy atom. The van der Waals surface area contributed by atoms with Crippen LogP contribution >= 0.6 is 0 Å². The van der Waals surface area contributed by atoms with E-state index in [0.29, 0.717) is 17.9 Å². The van der Waals surface area contributed by atoms with Crippen LogP contribution in [0.5, 0.6) is 0 Å². The number of carbonyl (C=O) groups excluding carboxylic acids is 2. The number of hydrogen-bond donors (Lipinski definition) is 1. The van der Waals surface area contributed by atoms with Gasteiger partial charge in [0.15, 0.2) is 0 Å². The van der Waals surface area contributed by atoms with E-state index in [0.717, 1.165) is 43.3 Å².